The topological polar surface area (TPSA) is 50.4 Å². The van der Waals surface area contributed by atoms with Crippen LogP contribution in [0.25, 0.3) is 0 Å². The van der Waals surface area contributed by atoms with Crippen LogP contribution in [0.1, 0.15) is 25.8 Å². The Morgan fingerprint density at radius 1 is 1.45 bits per heavy atom. The van der Waals surface area contributed by atoms with Crippen molar-refractivity contribution in [1.29, 1.82) is 0 Å². The van der Waals surface area contributed by atoms with Crippen LogP contribution in [0.3, 0.4) is 0 Å². The lowest BCUT2D eigenvalue weighted by Crippen LogP contribution is -2.42. The Hall–Kier alpha value is -1.99. The van der Waals surface area contributed by atoms with Crippen LogP contribution >= 0.6 is 0 Å². The second-order valence-electron chi connectivity index (χ2n) is 4.49. The zero-order valence-corrected chi connectivity index (χ0v) is 12.1. The minimum absolute atomic E-state index is 0.00822. The van der Waals surface area contributed by atoms with Gasteiger partial charge >= 0.3 is 0 Å². The van der Waals surface area contributed by atoms with Crippen LogP contribution in [-0.4, -0.2) is 25.1 Å². The van der Waals surface area contributed by atoms with Gasteiger partial charge in [0.25, 0.3) is 0 Å². The molecule has 0 aliphatic heterocycles. The summed E-state index contributed by atoms with van der Waals surface area (Å²) in [7, 11) is 0. The third-order valence-electron chi connectivity index (χ3n) is 2.82. The molecule has 1 aromatic carbocycles. The third-order valence-corrected chi connectivity index (χ3v) is 2.82. The quantitative estimate of drug-likeness (QED) is 0.709. The van der Waals surface area contributed by atoms with Crippen LogP contribution in [0.4, 0.5) is 0 Å². The minimum atomic E-state index is -0.248. The zero-order chi connectivity index (χ0) is 14.8. The highest BCUT2D eigenvalue weighted by atomic mass is 16.5. The lowest BCUT2D eigenvalue weighted by molar-refractivity contribution is -0.122. The van der Waals surface area contributed by atoms with Gasteiger partial charge in [-0.25, -0.2) is 0 Å². The second kappa shape index (κ2) is 9.00. The Morgan fingerprint density at radius 3 is 2.90 bits per heavy atom. The van der Waals surface area contributed by atoms with Gasteiger partial charge in [-0.3, -0.25) is 4.79 Å². The maximum atomic E-state index is 11.7. The van der Waals surface area contributed by atoms with Gasteiger partial charge in [-0.05, 0) is 19.4 Å². The van der Waals surface area contributed by atoms with Crippen LogP contribution in [0, 0.1) is 12.3 Å². The molecule has 1 amide bonds. The Labute approximate surface area is 120 Å². The van der Waals surface area contributed by atoms with Gasteiger partial charge in [-0.1, -0.05) is 31.0 Å². The zero-order valence-electron chi connectivity index (χ0n) is 12.1. The average molecular weight is 274 g/mol. The standard InChI is InChI=1S/C16H22N2O2/c1-4-10-17-16(19)13(3)18-12-14-8-6-7-9-15(14)20-11-5-2/h2,6-9,13,18H,4,10-12H2,1,3H3,(H,17,19). The molecule has 1 atom stereocenters. The van der Waals surface area contributed by atoms with Crippen molar-refractivity contribution in [2.45, 2.75) is 32.9 Å². The molecule has 0 saturated heterocycles. The molecule has 4 heteroatoms. The molecule has 0 fully saturated rings. The number of nitrogens with one attached hydrogen (secondary N) is 2. The van der Waals surface area contributed by atoms with Gasteiger partial charge in [0.15, 0.2) is 0 Å². The number of terminal acetylenes is 1. The summed E-state index contributed by atoms with van der Waals surface area (Å²) in [4.78, 5) is 11.7. The van der Waals surface area contributed by atoms with Crippen molar-refractivity contribution in [3.8, 4) is 18.1 Å². The molecule has 0 aliphatic rings. The van der Waals surface area contributed by atoms with Crippen LogP contribution in [0.2, 0.25) is 0 Å². The molecule has 4 nitrogen and oxygen atoms in total. The van der Waals surface area contributed by atoms with Crippen LogP contribution in [0.15, 0.2) is 24.3 Å². The molecular weight excluding hydrogens is 252 g/mol. The molecule has 1 unspecified atom stereocenters. The molecule has 2 N–H and O–H groups in total. The van der Waals surface area contributed by atoms with Crippen molar-refractivity contribution >= 4 is 5.91 Å². The summed E-state index contributed by atoms with van der Waals surface area (Å²) in [5.74, 6) is 3.20. The Balaban J connectivity index is 2.52. The first-order chi connectivity index (χ1) is 9.69. The molecule has 1 aromatic rings. The monoisotopic (exact) mass is 274 g/mol. The van der Waals surface area contributed by atoms with Crippen molar-refractivity contribution in [3.63, 3.8) is 0 Å². The SMILES string of the molecule is C#CCOc1ccccc1CNC(C)C(=O)NCCC. The fourth-order valence-corrected chi connectivity index (χ4v) is 1.67. The van der Waals surface area contributed by atoms with Gasteiger partial charge < -0.3 is 15.4 Å². The van der Waals surface area contributed by atoms with E-state index in [0.29, 0.717) is 13.1 Å². The molecule has 0 saturated carbocycles. The molecule has 20 heavy (non-hydrogen) atoms. The molecule has 0 heterocycles. The summed E-state index contributed by atoms with van der Waals surface area (Å²) < 4.78 is 5.47. The molecular formula is C16H22N2O2. The van der Waals surface area contributed by atoms with E-state index in [1.807, 2.05) is 38.1 Å². The predicted octanol–water partition coefficient (Wildman–Crippen LogP) is 1.70. The van der Waals surface area contributed by atoms with E-state index in [-0.39, 0.29) is 18.6 Å². The Morgan fingerprint density at radius 2 is 2.20 bits per heavy atom. The normalized spacial score (nSPS) is 11.4. The molecule has 0 aliphatic carbocycles. The molecule has 108 valence electrons. The predicted molar refractivity (Wildman–Crippen MR) is 80.4 cm³/mol. The molecule has 0 bridgehead atoms. The third kappa shape index (κ3) is 5.33. The Bertz CT molecular complexity index is 466. The molecule has 0 radical (unpaired) electrons. The number of ether oxygens (including phenoxy) is 1. The van der Waals surface area contributed by atoms with Crippen molar-refractivity contribution in [2.24, 2.45) is 0 Å². The largest absolute Gasteiger partial charge is 0.481 e. The highest BCUT2D eigenvalue weighted by Gasteiger charge is 2.12. The minimum Gasteiger partial charge on any atom is -0.481 e. The highest BCUT2D eigenvalue weighted by molar-refractivity contribution is 5.81. The van der Waals surface area contributed by atoms with Crippen LogP contribution in [-0.2, 0) is 11.3 Å². The van der Waals surface area contributed by atoms with Crippen LogP contribution < -0.4 is 15.4 Å². The number of carbonyl (C=O) groups is 1. The number of benzene rings is 1. The summed E-state index contributed by atoms with van der Waals surface area (Å²) in [6, 6.07) is 7.40. The lowest BCUT2D eigenvalue weighted by atomic mass is 10.2. The number of amides is 1. The maximum absolute atomic E-state index is 11.7. The van der Waals surface area contributed by atoms with E-state index in [4.69, 9.17) is 11.2 Å². The van der Waals surface area contributed by atoms with E-state index in [1.54, 1.807) is 0 Å². The number of hydrogen-bond donors (Lipinski definition) is 2. The molecule has 0 spiro atoms. The van der Waals surface area contributed by atoms with E-state index < -0.39 is 0 Å². The fourth-order valence-electron chi connectivity index (χ4n) is 1.67. The van der Waals surface area contributed by atoms with Crippen molar-refractivity contribution in [3.05, 3.63) is 29.8 Å². The first-order valence-electron chi connectivity index (χ1n) is 6.84. The van der Waals surface area contributed by atoms with E-state index in [0.717, 1.165) is 17.7 Å². The summed E-state index contributed by atoms with van der Waals surface area (Å²) >= 11 is 0. The van der Waals surface area contributed by atoms with E-state index >= 15 is 0 Å². The van der Waals surface area contributed by atoms with E-state index in [1.165, 1.54) is 0 Å². The van der Waals surface area contributed by atoms with Crippen molar-refractivity contribution in [1.82, 2.24) is 10.6 Å². The van der Waals surface area contributed by atoms with Gasteiger partial charge in [0.1, 0.15) is 12.4 Å². The van der Waals surface area contributed by atoms with E-state index in [9.17, 15) is 4.79 Å². The fraction of sp³-hybridized carbons (Fsp3) is 0.438. The summed E-state index contributed by atoms with van der Waals surface area (Å²) in [6.07, 6.45) is 6.12. The van der Waals surface area contributed by atoms with Gasteiger partial charge in [0.2, 0.25) is 5.91 Å². The first-order valence-corrected chi connectivity index (χ1v) is 6.84. The van der Waals surface area contributed by atoms with Gasteiger partial charge in [-0.15, -0.1) is 6.42 Å². The van der Waals surface area contributed by atoms with Gasteiger partial charge in [0, 0.05) is 18.7 Å². The first kappa shape index (κ1) is 16.1. The summed E-state index contributed by atoms with van der Waals surface area (Å²) in [5, 5.41) is 6.04. The Kier molecular flexibility index (Phi) is 7.23. The summed E-state index contributed by atoms with van der Waals surface area (Å²) in [5.41, 5.74) is 0.984. The highest BCUT2D eigenvalue weighted by Crippen LogP contribution is 2.17. The number of carbonyl (C=O) groups excluding carboxylic acids is 1. The van der Waals surface area contributed by atoms with Gasteiger partial charge in [-0.2, -0.15) is 0 Å². The number of rotatable bonds is 8. The average Bonchev–Trinajstić information content (AvgIpc) is 2.48. The van der Waals surface area contributed by atoms with Gasteiger partial charge in [0.05, 0.1) is 6.04 Å². The van der Waals surface area contributed by atoms with Crippen molar-refractivity contribution in [2.75, 3.05) is 13.2 Å². The number of hydrogen-bond acceptors (Lipinski definition) is 3. The summed E-state index contributed by atoms with van der Waals surface area (Å²) in [6.45, 7) is 5.37. The maximum Gasteiger partial charge on any atom is 0.236 e. The number of para-hydroxylation sites is 1. The smallest absolute Gasteiger partial charge is 0.236 e. The van der Waals surface area contributed by atoms with E-state index in [2.05, 4.69) is 16.6 Å². The lowest BCUT2D eigenvalue weighted by Gasteiger charge is -2.15. The molecule has 0 aromatic heterocycles. The molecule has 1 rings (SSSR count). The second-order valence-corrected chi connectivity index (χ2v) is 4.49. The van der Waals surface area contributed by atoms with Crippen molar-refractivity contribution < 1.29 is 9.53 Å². The van der Waals surface area contributed by atoms with Crippen LogP contribution in [0.5, 0.6) is 5.75 Å².